The average molecular weight is 465 g/mol. The number of methoxy groups -OCH3 is 1. The van der Waals surface area contributed by atoms with E-state index >= 15 is 0 Å². The van der Waals surface area contributed by atoms with Gasteiger partial charge >= 0.3 is 0 Å². The topological polar surface area (TPSA) is 32.8 Å². The zero-order valence-corrected chi connectivity index (χ0v) is 18.6. The van der Waals surface area contributed by atoms with Gasteiger partial charge < -0.3 is 9.64 Å². The molecule has 3 aromatic carbocycles. The quantitative estimate of drug-likeness (QED) is 0.532. The van der Waals surface area contributed by atoms with Crippen LogP contribution in [0.5, 0.6) is 5.75 Å². The van der Waals surface area contributed by atoms with Crippen LogP contribution in [0.15, 0.2) is 83.3 Å². The van der Waals surface area contributed by atoms with Gasteiger partial charge in [0.1, 0.15) is 5.75 Å². The molecule has 0 radical (unpaired) electrons. The third-order valence-electron chi connectivity index (χ3n) is 5.58. The van der Waals surface area contributed by atoms with Crippen LogP contribution < -0.4 is 4.74 Å². The van der Waals surface area contributed by atoms with Gasteiger partial charge in [0.25, 0.3) is 5.91 Å². The first-order valence-electron chi connectivity index (χ1n) is 10.1. The molecule has 1 atom stereocenters. The van der Waals surface area contributed by atoms with Crippen molar-refractivity contribution in [3.05, 3.63) is 100 Å². The number of piperazine rings is 1. The van der Waals surface area contributed by atoms with Gasteiger partial charge in [-0.15, -0.1) is 0 Å². The summed E-state index contributed by atoms with van der Waals surface area (Å²) in [6.45, 7) is 3.06. The summed E-state index contributed by atoms with van der Waals surface area (Å²) in [6.07, 6.45) is 0. The summed E-state index contributed by atoms with van der Waals surface area (Å²) in [7, 11) is 1.62. The van der Waals surface area contributed by atoms with E-state index in [0.717, 1.165) is 17.6 Å². The molecule has 0 unspecified atom stereocenters. The summed E-state index contributed by atoms with van der Waals surface area (Å²) in [5.74, 6) is 0.771. The number of carbonyl (C=O) groups excluding carboxylic acids is 1. The van der Waals surface area contributed by atoms with Gasteiger partial charge in [0.05, 0.1) is 13.2 Å². The minimum atomic E-state index is 0.0634. The molecule has 5 heteroatoms. The van der Waals surface area contributed by atoms with Gasteiger partial charge in [0.15, 0.2) is 0 Å². The Bertz CT molecular complexity index is 984. The van der Waals surface area contributed by atoms with Crippen LogP contribution in [0.3, 0.4) is 0 Å². The van der Waals surface area contributed by atoms with Gasteiger partial charge in [-0.25, -0.2) is 0 Å². The molecule has 1 aliphatic rings. The molecule has 3 aromatic rings. The molecule has 0 saturated carbocycles. The first kappa shape index (κ1) is 20.6. The van der Waals surface area contributed by atoms with Gasteiger partial charge in [0, 0.05) is 36.2 Å². The Morgan fingerprint density at radius 2 is 1.53 bits per heavy atom. The van der Waals surface area contributed by atoms with Gasteiger partial charge in [-0.1, -0.05) is 64.5 Å². The third-order valence-corrected chi connectivity index (χ3v) is 6.11. The molecular weight excluding hydrogens is 440 g/mol. The van der Waals surface area contributed by atoms with E-state index in [1.165, 1.54) is 11.1 Å². The second kappa shape index (κ2) is 9.45. The highest BCUT2D eigenvalue weighted by Crippen LogP contribution is 2.30. The SMILES string of the molecule is COc1cccc(C(=O)N2CCN([C@@H](c3ccccc3)c3ccc(Br)cc3)CC2)c1. The number of nitrogens with zero attached hydrogens (tertiary/aromatic N) is 2. The number of rotatable bonds is 5. The van der Waals surface area contributed by atoms with Crippen molar-refractivity contribution in [1.82, 2.24) is 9.80 Å². The van der Waals surface area contributed by atoms with Crippen molar-refractivity contribution < 1.29 is 9.53 Å². The van der Waals surface area contributed by atoms with E-state index in [1.807, 2.05) is 35.2 Å². The van der Waals surface area contributed by atoms with Crippen molar-refractivity contribution in [2.75, 3.05) is 33.3 Å². The molecule has 1 saturated heterocycles. The lowest BCUT2D eigenvalue weighted by molar-refractivity contribution is 0.0597. The summed E-state index contributed by atoms with van der Waals surface area (Å²) >= 11 is 3.54. The van der Waals surface area contributed by atoms with Crippen LogP contribution in [0, 0.1) is 0 Å². The summed E-state index contributed by atoms with van der Waals surface area (Å²) in [5, 5.41) is 0. The minimum Gasteiger partial charge on any atom is -0.497 e. The van der Waals surface area contributed by atoms with Gasteiger partial charge in [-0.2, -0.15) is 0 Å². The number of ether oxygens (including phenoxy) is 1. The average Bonchev–Trinajstić information content (AvgIpc) is 2.81. The molecule has 1 amide bonds. The molecule has 4 nitrogen and oxygen atoms in total. The molecule has 0 aromatic heterocycles. The number of halogens is 1. The number of amides is 1. The molecule has 1 aliphatic heterocycles. The molecule has 1 heterocycles. The first-order chi connectivity index (χ1) is 14.7. The van der Waals surface area contributed by atoms with Gasteiger partial charge in [-0.05, 0) is 41.5 Å². The normalized spacial score (nSPS) is 15.6. The maximum atomic E-state index is 13.0. The summed E-state index contributed by atoms with van der Waals surface area (Å²) < 4.78 is 6.34. The maximum Gasteiger partial charge on any atom is 0.254 e. The summed E-state index contributed by atoms with van der Waals surface area (Å²) in [5.41, 5.74) is 3.21. The number of hydrogen-bond donors (Lipinski definition) is 0. The highest BCUT2D eigenvalue weighted by molar-refractivity contribution is 9.10. The van der Waals surface area contributed by atoms with Crippen LogP contribution in [0.25, 0.3) is 0 Å². The molecule has 0 spiro atoms. The lowest BCUT2D eigenvalue weighted by Crippen LogP contribution is -2.49. The van der Waals surface area contributed by atoms with E-state index in [1.54, 1.807) is 7.11 Å². The van der Waals surface area contributed by atoms with Crippen molar-refractivity contribution in [2.45, 2.75) is 6.04 Å². The first-order valence-corrected chi connectivity index (χ1v) is 10.9. The Labute approximate surface area is 186 Å². The Morgan fingerprint density at radius 1 is 0.867 bits per heavy atom. The molecular formula is C25H25BrN2O2. The maximum absolute atomic E-state index is 13.0. The zero-order chi connectivity index (χ0) is 20.9. The monoisotopic (exact) mass is 464 g/mol. The lowest BCUT2D eigenvalue weighted by Gasteiger charge is -2.40. The number of carbonyl (C=O) groups is 1. The zero-order valence-electron chi connectivity index (χ0n) is 17.0. The van der Waals surface area contributed by atoms with E-state index < -0.39 is 0 Å². The van der Waals surface area contributed by atoms with Crippen LogP contribution in [0.4, 0.5) is 0 Å². The summed E-state index contributed by atoms with van der Waals surface area (Å²) in [4.78, 5) is 17.4. The molecule has 0 bridgehead atoms. The van der Waals surface area contributed by atoms with Crippen LogP contribution >= 0.6 is 15.9 Å². The molecule has 1 fully saturated rings. The molecule has 0 aliphatic carbocycles. The highest BCUT2D eigenvalue weighted by atomic mass is 79.9. The molecule has 154 valence electrons. The highest BCUT2D eigenvalue weighted by Gasteiger charge is 2.28. The van der Waals surface area contributed by atoms with Crippen molar-refractivity contribution >= 4 is 21.8 Å². The van der Waals surface area contributed by atoms with Crippen LogP contribution in [0.2, 0.25) is 0 Å². The smallest absolute Gasteiger partial charge is 0.254 e. The molecule has 0 N–H and O–H groups in total. The van der Waals surface area contributed by atoms with Crippen molar-refractivity contribution in [2.24, 2.45) is 0 Å². The van der Waals surface area contributed by atoms with Crippen molar-refractivity contribution in [3.63, 3.8) is 0 Å². The third kappa shape index (κ3) is 4.58. The Balaban J connectivity index is 1.51. The van der Waals surface area contributed by atoms with E-state index in [9.17, 15) is 4.79 Å². The van der Waals surface area contributed by atoms with E-state index in [2.05, 4.69) is 69.4 Å². The Morgan fingerprint density at radius 3 is 2.20 bits per heavy atom. The predicted molar refractivity (Wildman–Crippen MR) is 123 cm³/mol. The van der Waals surface area contributed by atoms with Gasteiger partial charge in [0.2, 0.25) is 0 Å². The van der Waals surface area contributed by atoms with Gasteiger partial charge in [-0.3, -0.25) is 9.69 Å². The standard InChI is InChI=1S/C25H25BrN2O2/c1-30-23-9-5-8-21(18-23)25(29)28-16-14-27(15-17-28)24(19-6-3-2-4-7-19)20-10-12-22(26)13-11-20/h2-13,18,24H,14-17H2,1H3/t24-/m0/s1. The van der Waals surface area contributed by atoms with E-state index in [0.29, 0.717) is 24.4 Å². The van der Waals surface area contributed by atoms with E-state index in [4.69, 9.17) is 4.74 Å². The number of hydrogen-bond acceptors (Lipinski definition) is 3. The largest absolute Gasteiger partial charge is 0.497 e. The lowest BCUT2D eigenvalue weighted by atomic mass is 9.96. The Hall–Kier alpha value is -2.63. The van der Waals surface area contributed by atoms with Crippen molar-refractivity contribution in [3.8, 4) is 5.75 Å². The molecule has 4 rings (SSSR count). The fourth-order valence-corrected chi connectivity index (χ4v) is 4.28. The van der Waals surface area contributed by atoms with Crippen molar-refractivity contribution in [1.29, 1.82) is 0 Å². The fraction of sp³-hybridized carbons (Fsp3) is 0.240. The number of benzene rings is 3. The molecule has 30 heavy (non-hydrogen) atoms. The summed E-state index contributed by atoms with van der Waals surface area (Å²) in [6, 6.07) is 26.7. The predicted octanol–water partition coefficient (Wildman–Crippen LogP) is 5.01. The Kier molecular flexibility index (Phi) is 6.50. The van der Waals surface area contributed by atoms with Crippen LogP contribution in [-0.4, -0.2) is 49.0 Å². The fourth-order valence-electron chi connectivity index (χ4n) is 4.02. The minimum absolute atomic E-state index is 0.0634. The van der Waals surface area contributed by atoms with E-state index in [-0.39, 0.29) is 11.9 Å². The second-order valence-corrected chi connectivity index (χ2v) is 8.34. The van der Waals surface area contributed by atoms with Crippen LogP contribution in [0.1, 0.15) is 27.5 Å². The van der Waals surface area contributed by atoms with Crippen LogP contribution in [-0.2, 0) is 0 Å². The second-order valence-electron chi connectivity index (χ2n) is 7.42.